The molecule has 2 heterocycles. The first-order valence-corrected chi connectivity index (χ1v) is 23.3. The molecular formula is C57H66HfN2O2-2. The largest absolute Gasteiger partial charge is 0.507 e. The van der Waals surface area contributed by atoms with E-state index >= 15 is 0 Å². The van der Waals surface area contributed by atoms with E-state index in [-0.39, 0.29) is 51.5 Å². The number of anilines is 1. The minimum atomic E-state index is 0. The Morgan fingerprint density at radius 1 is 0.484 bits per heavy atom. The molecule has 1 aliphatic heterocycles. The van der Waals surface area contributed by atoms with Gasteiger partial charge in [-0.3, -0.25) is 0 Å². The fourth-order valence-corrected chi connectivity index (χ4v) is 15.5. The minimum Gasteiger partial charge on any atom is -0.507 e. The van der Waals surface area contributed by atoms with Crippen LogP contribution in [0.3, 0.4) is 0 Å². The molecule has 4 aromatic carbocycles. The number of pyridine rings is 1. The summed E-state index contributed by atoms with van der Waals surface area (Å²) in [6, 6.07) is 30.9. The third-order valence-electron chi connectivity index (χ3n) is 17.0. The third kappa shape index (κ3) is 7.14. The molecule has 0 unspecified atom stereocenters. The molecule has 8 bridgehead atoms. The van der Waals surface area contributed by atoms with Gasteiger partial charge >= 0.3 is 0 Å². The van der Waals surface area contributed by atoms with Gasteiger partial charge in [0, 0.05) is 78.0 Å². The van der Waals surface area contributed by atoms with Crippen LogP contribution in [0.5, 0.6) is 11.5 Å². The van der Waals surface area contributed by atoms with Crippen LogP contribution in [0.2, 0.25) is 0 Å². The van der Waals surface area contributed by atoms with Crippen molar-refractivity contribution in [1.82, 2.24) is 4.98 Å². The summed E-state index contributed by atoms with van der Waals surface area (Å²) in [6.07, 6.45) is 18.0. The Morgan fingerprint density at radius 3 is 1.18 bits per heavy atom. The Morgan fingerprint density at radius 2 is 0.823 bits per heavy atom. The van der Waals surface area contributed by atoms with Gasteiger partial charge in [-0.1, -0.05) is 60.7 Å². The van der Waals surface area contributed by atoms with E-state index in [2.05, 4.69) is 104 Å². The van der Waals surface area contributed by atoms with Gasteiger partial charge in [-0.2, -0.15) is 0 Å². The molecule has 62 heavy (non-hydrogen) atoms. The maximum absolute atomic E-state index is 12.5. The molecule has 9 aliphatic rings. The fraction of sp³-hybridized carbons (Fsp3) is 0.456. The maximum Gasteiger partial charge on any atom is 0.127 e. The van der Waals surface area contributed by atoms with Crippen molar-refractivity contribution in [2.75, 3.05) is 18.0 Å². The van der Waals surface area contributed by atoms with E-state index in [0.717, 1.165) is 93.4 Å². The Bertz CT molecular complexity index is 2270. The minimum absolute atomic E-state index is 0. The smallest absolute Gasteiger partial charge is 0.127 e. The number of nitrogens with zero attached hydrogens (tertiary/aromatic N) is 2. The van der Waals surface area contributed by atoms with E-state index in [0.29, 0.717) is 11.5 Å². The van der Waals surface area contributed by atoms with Crippen LogP contribution in [0.25, 0.3) is 44.8 Å². The van der Waals surface area contributed by atoms with Gasteiger partial charge in [-0.25, -0.2) is 4.98 Å². The number of hydrogen-bond acceptors (Lipinski definition) is 4. The van der Waals surface area contributed by atoms with Crippen molar-refractivity contribution >= 4 is 5.69 Å². The van der Waals surface area contributed by atoms with Crippen molar-refractivity contribution in [1.29, 1.82) is 0 Å². The molecule has 1 saturated heterocycles. The number of aryl methyl sites for hydroxylation is 2. The summed E-state index contributed by atoms with van der Waals surface area (Å²) in [5.74, 6) is 5.80. The van der Waals surface area contributed by atoms with E-state index < -0.39 is 0 Å². The van der Waals surface area contributed by atoms with Gasteiger partial charge in [0.2, 0.25) is 0 Å². The molecule has 5 heteroatoms. The molecule has 0 atom stereocenters. The number of hydrogen-bond donors (Lipinski definition) is 2. The molecule has 4 nitrogen and oxygen atoms in total. The number of aromatic hydroxyl groups is 2. The van der Waals surface area contributed by atoms with Crippen molar-refractivity contribution < 1.29 is 36.1 Å². The Hall–Kier alpha value is -3.70. The van der Waals surface area contributed by atoms with E-state index in [1.165, 1.54) is 118 Å². The van der Waals surface area contributed by atoms with Crippen LogP contribution in [-0.4, -0.2) is 28.3 Å². The molecule has 8 aliphatic carbocycles. The predicted molar refractivity (Wildman–Crippen MR) is 253 cm³/mol. The molecular weight excluding hydrogens is 923 g/mol. The first-order valence-electron chi connectivity index (χ1n) is 23.3. The number of benzene rings is 4. The van der Waals surface area contributed by atoms with E-state index in [9.17, 15) is 10.2 Å². The summed E-state index contributed by atoms with van der Waals surface area (Å²) in [4.78, 5) is 8.10. The van der Waals surface area contributed by atoms with Crippen LogP contribution in [0.1, 0.15) is 112 Å². The number of phenolic OH excluding ortho intramolecular Hbond substituents is 2. The van der Waals surface area contributed by atoms with Crippen molar-refractivity contribution in [3.8, 4) is 56.3 Å². The molecule has 0 radical (unpaired) electrons. The average Bonchev–Trinajstić information content (AvgIpc) is 3.77. The van der Waals surface area contributed by atoms with Gasteiger partial charge in [-0.05, 0) is 197 Å². The van der Waals surface area contributed by atoms with Crippen molar-refractivity contribution in [2.24, 2.45) is 35.5 Å². The average molecular weight is 990 g/mol. The van der Waals surface area contributed by atoms with Gasteiger partial charge in [0.1, 0.15) is 11.5 Å². The summed E-state index contributed by atoms with van der Waals surface area (Å²) < 4.78 is 0. The number of aromatic nitrogens is 1. The monoisotopic (exact) mass is 990 g/mol. The Labute approximate surface area is 390 Å². The third-order valence-corrected chi connectivity index (χ3v) is 17.0. The fourth-order valence-electron chi connectivity index (χ4n) is 15.5. The van der Waals surface area contributed by atoms with Crippen LogP contribution in [0.15, 0.2) is 84.9 Å². The second kappa shape index (κ2) is 16.4. The predicted octanol–water partition coefficient (Wildman–Crippen LogP) is 14.2. The zero-order valence-corrected chi connectivity index (χ0v) is 41.2. The molecule has 8 saturated carbocycles. The van der Waals surface area contributed by atoms with Gasteiger partial charge in [0.05, 0.1) is 11.4 Å². The van der Waals surface area contributed by atoms with Gasteiger partial charge in [0.25, 0.3) is 0 Å². The van der Waals surface area contributed by atoms with E-state index in [4.69, 9.17) is 4.98 Å². The number of phenols is 2. The Balaban J connectivity index is 0.00000163. The SMILES string of the molecule is Cc1cc(-c2ccccc2-c2cc(N3CCCC3)cc(-c3ccccc3-c3cc(C)cc(C45CC6CC(CC(C6)C4)C5)c3O)n2)c(O)c(C23CC4CC(CC(C4)C2)C3)c1.[CH3-].[CH3-].[Hf]. The van der Waals surface area contributed by atoms with Gasteiger partial charge in [-0.15, -0.1) is 0 Å². The second-order valence-corrected chi connectivity index (χ2v) is 21.2. The Kier molecular flexibility index (Phi) is 11.5. The zero-order chi connectivity index (χ0) is 39.6. The van der Waals surface area contributed by atoms with E-state index in [1.54, 1.807) is 0 Å². The van der Waals surface area contributed by atoms with Crippen LogP contribution in [-0.2, 0) is 36.7 Å². The molecule has 5 aromatic rings. The summed E-state index contributed by atoms with van der Waals surface area (Å²) in [6.45, 7) is 6.50. The summed E-state index contributed by atoms with van der Waals surface area (Å²) in [5, 5.41) is 25.0. The molecule has 322 valence electrons. The van der Waals surface area contributed by atoms with Gasteiger partial charge < -0.3 is 30.0 Å². The van der Waals surface area contributed by atoms with Crippen molar-refractivity contribution in [3.63, 3.8) is 0 Å². The number of rotatable bonds is 7. The molecule has 0 spiro atoms. The van der Waals surface area contributed by atoms with E-state index in [1.807, 2.05) is 0 Å². The van der Waals surface area contributed by atoms with Crippen LogP contribution >= 0.6 is 0 Å². The maximum atomic E-state index is 12.5. The summed E-state index contributed by atoms with van der Waals surface area (Å²) >= 11 is 0. The standard InChI is InChI=1S/C55H60N2O2.2CH3.Hf/c1-33-15-46(52(58)48(17-33)54-27-35-19-36(28-54)21-37(20-35)29-54)42-9-3-5-11-44(42)50-25-41(57-13-7-8-14-57)26-51(56-50)45-12-6-4-10-43(45)47-16-34(2)18-49(53(47)59)55-30-38-22-39(31-55)24-40(23-38)32-55;;;/h3-6,9-12,15-18,25-26,35-40,58-59H,7-8,13-14,19-24,27-32H2,1-2H3;2*1H3;/q;2*-1;. The summed E-state index contributed by atoms with van der Waals surface area (Å²) in [5.41, 5.74) is 14.1. The first-order chi connectivity index (χ1) is 28.7. The molecule has 1 aromatic heterocycles. The van der Waals surface area contributed by atoms with Crippen molar-refractivity contribution in [3.05, 3.63) is 122 Å². The molecule has 2 N–H and O–H groups in total. The van der Waals surface area contributed by atoms with Crippen LogP contribution in [0, 0.1) is 64.2 Å². The quantitative estimate of drug-likeness (QED) is 0.126. The first kappa shape index (κ1) is 43.5. The normalized spacial score (nSPS) is 29.9. The topological polar surface area (TPSA) is 56.6 Å². The molecule has 9 fully saturated rings. The van der Waals surface area contributed by atoms with Crippen molar-refractivity contribution in [2.45, 2.75) is 115 Å². The summed E-state index contributed by atoms with van der Waals surface area (Å²) in [7, 11) is 0. The zero-order valence-electron chi connectivity index (χ0n) is 37.6. The molecule has 14 rings (SSSR count). The van der Waals surface area contributed by atoms with Crippen LogP contribution in [0.4, 0.5) is 5.69 Å². The van der Waals surface area contributed by atoms with Gasteiger partial charge in [0.15, 0.2) is 0 Å². The second-order valence-electron chi connectivity index (χ2n) is 21.2. The molecule has 0 amide bonds. The van der Waals surface area contributed by atoms with Crippen LogP contribution < -0.4 is 4.90 Å².